The van der Waals surface area contributed by atoms with Crippen LogP contribution in [-0.4, -0.2) is 0 Å². The molecule has 1 aromatic carbocycles. The lowest BCUT2D eigenvalue weighted by molar-refractivity contribution is 1.14. The highest BCUT2D eigenvalue weighted by molar-refractivity contribution is 5.67. The van der Waals surface area contributed by atoms with Gasteiger partial charge in [-0.25, -0.2) is 0 Å². The van der Waals surface area contributed by atoms with Crippen LogP contribution in [0.25, 0.3) is 5.57 Å². The van der Waals surface area contributed by atoms with Crippen LogP contribution in [0.5, 0.6) is 0 Å². The van der Waals surface area contributed by atoms with Gasteiger partial charge in [0.15, 0.2) is 0 Å². The van der Waals surface area contributed by atoms with Gasteiger partial charge in [-0.15, -0.1) is 0 Å². The molecule has 0 radical (unpaired) electrons. The Labute approximate surface area is 124 Å². The molecule has 0 saturated heterocycles. The molecular weight excluding hydrogens is 240 g/mol. The summed E-state index contributed by atoms with van der Waals surface area (Å²) in [6, 6.07) is 8.84. The highest BCUT2D eigenvalue weighted by atomic mass is 14.1. The topological polar surface area (TPSA) is 0 Å². The van der Waals surface area contributed by atoms with E-state index in [1.54, 1.807) is 0 Å². The zero-order chi connectivity index (χ0) is 15.1. The molecule has 0 aliphatic carbocycles. The van der Waals surface area contributed by atoms with Gasteiger partial charge in [-0.1, -0.05) is 56.0 Å². The first-order chi connectivity index (χ1) is 9.49. The molecule has 0 unspecified atom stereocenters. The molecule has 106 valence electrons. The lowest BCUT2D eigenvalue weighted by atomic mass is 9.98. The van der Waals surface area contributed by atoms with Crippen LogP contribution in [-0.2, 0) is 6.42 Å². The molecule has 1 aromatic rings. The van der Waals surface area contributed by atoms with E-state index in [9.17, 15) is 0 Å². The maximum atomic E-state index is 3.75. The normalized spacial score (nSPS) is 14.1. The van der Waals surface area contributed by atoms with E-state index in [0.29, 0.717) is 0 Å². The van der Waals surface area contributed by atoms with Crippen molar-refractivity contribution in [2.75, 3.05) is 0 Å². The van der Waals surface area contributed by atoms with Gasteiger partial charge in [0.2, 0.25) is 0 Å². The molecule has 0 aliphatic heterocycles. The second kappa shape index (κ2) is 7.69. The third-order valence-electron chi connectivity index (χ3n) is 3.80. The van der Waals surface area contributed by atoms with Crippen molar-refractivity contribution in [2.24, 2.45) is 0 Å². The highest BCUT2D eigenvalue weighted by Gasteiger charge is 2.00. The smallest absolute Gasteiger partial charge is 0.0227 e. The van der Waals surface area contributed by atoms with Crippen molar-refractivity contribution in [3.05, 3.63) is 76.9 Å². The fourth-order valence-electron chi connectivity index (χ4n) is 2.13. The summed E-state index contributed by atoms with van der Waals surface area (Å²) in [7, 11) is 0. The Kier molecular flexibility index (Phi) is 6.24. The minimum atomic E-state index is 1.09. The highest BCUT2D eigenvalue weighted by Crippen LogP contribution is 2.21. The number of aryl methyl sites for hydroxylation is 1. The van der Waals surface area contributed by atoms with Crippen molar-refractivity contribution in [1.29, 1.82) is 0 Å². The Bertz CT molecular complexity index is 548. The molecule has 0 nitrogen and oxygen atoms in total. The van der Waals surface area contributed by atoms with Crippen molar-refractivity contribution >= 4 is 5.57 Å². The summed E-state index contributed by atoms with van der Waals surface area (Å²) in [6.45, 7) is 14.6. The number of benzene rings is 1. The van der Waals surface area contributed by atoms with Gasteiger partial charge < -0.3 is 0 Å². The Morgan fingerprint density at radius 3 is 2.15 bits per heavy atom. The van der Waals surface area contributed by atoms with Crippen molar-refractivity contribution in [3.63, 3.8) is 0 Å². The van der Waals surface area contributed by atoms with Gasteiger partial charge in [-0.2, -0.15) is 0 Å². The van der Waals surface area contributed by atoms with Gasteiger partial charge in [-0.05, 0) is 67.5 Å². The second-order valence-corrected chi connectivity index (χ2v) is 5.27. The molecule has 0 atom stereocenters. The SMILES string of the molecule is C=C\C=C(C)/C(C)=C(C)/C=C(\C)c1ccc(CC)cc1. The number of rotatable bonds is 5. The van der Waals surface area contributed by atoms with Crippen molar-refractivity contribution in [3.8, 4) is 0 Å². The Hall–Kier alpha value is -1.82. The van der Waals surface area contributed by atoms with E-state index in [0.717, 1.165) is 6.42 Å². The molecular formula is C20H26. The number of allylic oxidation sites excluding steroid dienone is 7. The molecule has 0 aromatic heterocycles. The first-order valence-electron chi connectivity index (χ1n) is 7.24. The lowest BCUT2D eigenvalue weighted by Gasteiger charge is -2.07. The molecule has 0 heterocycles. The van der Waals surface area contributed by atoms with Gasteiger partial charge in [0, 0.05) is 0 Å². The van der Waals surface area contributed by atoms with Gasteiger partial charge in [0.1, 0.15) is 0 Å². The molecule has 0 aliphatic rings. The summed E-state index contributed by atoms with van der Waals surface area (Å²) in [5.74, 6) is 0. The van der Waals surface area contributed by atoms with Gasteiger partial charge in [0.25, 0.3) is 0 Å². The van der Waals surface area contributed by atoms with E-state index in [1.807, 2.05) is 6.08 Å². The monoisotopic (exact) mass is 266 g/mol. The minimum Gasteiger partial charge on any atom is -0.0991 e. The molecule has 0 bridgehead atoms. The first-order valence-corrected chi connectivity index (χ1v) is 7.24. The molecule has 1 rings (SSSR count). The minimum absolute atomic E-state index is 1.09. The first kappa shape index (κ1) is 16.2. The van der Waals surface area contributed by atoms with Crippen molar-refractivity contribution < 1.29 is 0 Å². The fraction of sp³-hybridized carbons (Fsp3) is 0.300. The van der Waals surface area contributed by atoms with E-state index < -0.39 is 0 Å². The fourth-order valence-corrected chi connectivity index (χ4v) is 2.13. The van der Waals surface area contributed by atoms with E-state index in [4.69, 9.17) is 0 Å². The predicted molar refractivity (Wildman–Crippen MR) is 91.8 cm³/mol. The van der Waals surface area contributed by atoms with Crippen LogP contribution in [0.15, 0.2) is 65.8 Å². The number of hydrogen-bond acceptors (Lipinski definition) is 0. The largest absolute Gasteiger partial charge is 0.0991 e. The molecule has 0 spiro atoms. The van der Waals surface area contributed by atoms with E-state index in [2.05, 4.69) is 77.6 Å². The van der Waals surface area contributed by atoms with Crippen LogP contribution in [0.4, 0.5) is 0 Å². The Morgan fingerprint density at radius 1 is 1.05 bits per heavy atom. The van der Waals surface area contributed by atoms with E-state index in [-0.39, 0.29) is 0 Å². The molecule has 0 amide bonds. The van der Waals surface area contributed by atoms with Crippen molar-refractivity contribution in [1.82, 2.24) is 0 Å². The molecule has 0 fully saturated rings. The molecule has 0 heteroatoms. The van der Waals surface area contributed by atoms with Crippen LogP contribution in [0, 0.1) is 0 Å². The van der Waals surface area contributed by atoms with Crippen LogP contribution < -0.4 is 0 Å². The third kappa shape index (κ3) is 4.38. The van der Waals surface area contributed by atoms with Crippen LogP contribution in [0.1, 0.15) is 45.7 Å². The third-order valence-corrected chi connectivity index (χ3v) is 3.80. The summed E-state index contributed by atoms with van der Waals surface area (Å²) >= 11 is 0. The Balaban J connectivity index is 3.05. The Morgan fingerprint density at radius 2 is 1.65 bits per heavy atom. The maximum absolute atomic E-state index is 3.75. The van der Waals surface area contributed by atoms with Gasteiger partial charge >= 0.3 is 0 Å². The average Bonchev–Trinajstić information content (AvgIpc) is 2.46. The van der Waals surface area contributed by atoms with E-state index in [1.165, 1.54) is 33.4 Å². The molecule has 20 heavy (non-hydrogen) atoms. The molecule has 0 saturated carbocycles. The van der Waals surface area contributed by atoms with Crippen LogP contribution in [0.2, 0.25) is 0 Å². The maximum Gasteiger partial charge on any atom is -0.0227 e. The molecule has 0 N–H and O–H groups in total. The summed E-state index contributed by atoms with van der Waals surface area (Å²) in [4.78, 5) is 0. The summed E-state index contributed by atoms with van der Waals surface area (Å²) in [6.07, 6.45) is 7.24. The standard InChI is InChI=1S/C20H26/c1-7-9-15(3)18(6)16(4)14-17(5)20-12-10-19(8-2)11-13-20/h7,9-14H,1,8H2,2-6H3/b15-9-,17-14+,18-16+. The summed E-state index contributed by atoms with van der Waals surface area (Å²) in [5, 5.41) is 0. The van der Waals surface area contributed by atoms with Gasteiger partial charge in [0.05, 0.1) is 0 Å². The van der Waals surface area contributed by atoms with Gasteiger partial charge in [-0.3, -0.25) is 0 Å². The summed E-state index contributed by atoms with van der Waals surface area (Å²) < 4.78 is 0. The van der Waals surface area contributed by atoms with Crippen LogP contribution in [0.3, 0.4) is 0 Å². The quantitative estimate of drug-likeness (QED) is 0.563. The predicted octanol–water partition coefficient (Wildman–Crippen LogP) is 6.12. The second-order valence-electron chi connectivity index (χ2n) is 5.27. The lowest BCUT2D eigenvalue weighted by Crippen LogP contribution is -1.87. The zero-order valence-electron chi connectivity index (χ0n) is 13.5. The summed E-state index contributed by atoms with van der Waals surface area (Å²) in [5.41, 5.74) is 7.86. The van der Waals surface area contributed by atoms with E-state index >= 15 is 0 Å². The zero-order valence-corrected chi connectivity index (χ0v) is 13.5. The van der Waals surface area contributed by atoms with Crippen molar-refractivity contribution in [2.45, 2.75) is 41.0 Å². The average molecular weight is 266 g/mol. The number of hydrogen-bond donors (Lipinski definition) is 0. The van der Waals surface area contributed by atoms with Crippen LogP contribution >= 0.6 is 0 Å².